The number of methoxy groups -OCH3 is 2. The molecule has 0 heterocycles. The second-order valence-electron chi connectivity index (χ2n) is 7.81. The van der Waals surface area contributed by atoms with E-state index in [0.717, 1.165) is 29.8 Å². The van der Waals surface area contributed by atoms with Crippen LogP contribution in [0.3, 0.4) is 0 Å². The Balaban J connectivity index is 1.92. The highest BCUT2D eigenvalue weighted by molar-refractivity contribution is 7.98. The lowest BCUT2D eigenvalue weighted by atomic mass is 10.0. The van der Waals surface area contributed by atoms with Crippen LogP contribution < -0.4 is 19.5 Å². The van der Waals surface area contributed by atoms with Crippen LogP contribution in [0.15, 0.2) is 72.3 Å². The second kappa shape index (κ2) is 15.7. The summed E-state index contributed by atoms with van der Waals surface area (Å²) in [5.74, 6) is 2.07. The van der Waals surface area contributed by atoms with Gasteiger partial charge < -0.3 is 19.5 Å². The number of para-hydroxylation sites is 1. The van der Waals surface area contributed by atoms with E-state index in [-0.39, 0.29) is 5.91 Å². The molecule has 0 bridgehead atoms. The minimum Gasteiger partial charge on any atom is -0.493 e. The lowest BCUT2D eigenvalue weighted by molar-refractivity contribution is 0.0953. The summed E-state index contributed by atoms with van der Waals surface area (Å²) in [6.07, 6.45) is 8.64. The third-order valence-corrected chi connectivity index (χ3v) is 5.99. The Kier molecular flexibility index (Phi) is 12.6. The number of hydrogen-bond acceptors (Lipinski definition) is 5. The highest BCUT2D eigenvalue weighted by atomic mass is 32.2. The molecule has 0 aliphatic rings. The third kappa shape index (κ3) is 9.17. The van der Waals surface area contributed by atoms with E-state index >= 15 is 0 Å². The number of amides is 1. The van der Waals surface area contributed by atoms with Crippen LogP contribution in [0.25, 0.3) is 11.1 Å². The maximum atomic E-state index is 12.7. The average Bonchev–Trinajstić information content (AvgIpc) is 2.89. The number of hydrogen-bond donors (Lipinski definition) is 2. The number of carbonyl (C=O) groups excluding carboxylic acids is 1. The molecular weight excluding hydrogens is 458 g/mol. The van der Waals surface area contributed by atoms with Crippen molar-refractivity contribution in [3.63, 3.8) is 0 Å². The first-order valence-corrected chi connectivity index (χ1v) is 12.7. The smallest absolute Gasteiger partial charge is 0.251 e. The molecular formula is C28H37N3O3S. The van der Waals surface area contributed by atoms with Gasteiger partial charge in [-0.25, -0.2) is 0 Å². The van der Waals surface area contributed by atoms with Crippen LogP contribution in [-0.4, -0.2) is 44.3 Å². The predicted octanol–water partition coefficient (Wildman–Crippen LogP) is 6.06. The Labute approximate surface area is 214 Å². The Morgan fingerprint density at radius 3 is 2.71 bits per heavy atom. The fraction of sp³-hybridized carbons (Fsp3) is 0.357. The van der Waals surface area contributed by atoms with Crippen molar-refractivity contribution in [1.82, 2.24) is 10.0 Å². The van der Waals surface area contributed by atoms with Crippen molar-refractivity contribution in [3.05, 3.63) is 72.8 Å². The predicted molar refractivity (Wildman–Crippen MR) is 149 cm³/mol. The van der Waals surface area contributed by atoms with Gasteiger partial charge in [0.05, 0.1) is 14.2 Å². The van der Waals surface area contributed by atoms with Gasteiger partial charge in [0.1, 0.15) is 5.84 Å². The zero-order valence-electron chi connectivity index (χ0n) is 21.2. The second-order valence-corrected chi connectivity index (χ2v) is 9.00. The highest BCUT2D eigenvalue weighted by Gasteiger charge is 2.13. The van der Waals surface area contributed by atoms with Gasteiger partial charge in [0, 0.05) is 35.9 Å². The maximum Gasteiger partial charge on any atom is 0.251 e. The molecule has 0 aliphatic carbocycles. The summed E-state index contributed by atoms with van der Waals surface area (Å²) in [6.45, 7) is 9.24. The first-order chi connectivity index (χ1) is 17.0. The highest BCUT2D eigenvalue weighted by Crippen LogP contribution is 2.37. The molecule has 0 aliphatic heterocycles. The van der Waals surface area contributed by atoms with Crippen LogP contribution in [0.5, 0.6) is 11.5 Å². The van der Waals surface area contributed by atoms with Crippen LogP contribution in [-0.2, 0) is 0 Å². The molecule has 35 heavy (non-hydrogen) atoms. The number of benzene rings is 2. The van der Waals surface area contributed by atoms with E-state index in [1.165, 1.54) is 0 Å². The van der Waals surface area contributed by atoms with Gasteiger partial charge in [-0.15, -0.1) is 6.58 Å². The quantitative estimate of drug-likeness (QED) is 0.110. The molecule has 2 rings (SSSR count). The molecule has 1 amide bonds. The van der Waals surface area contributed by atoms with Crippen LogP contribution in [0.1, 0.15) is 43.5 Å². The molecule has 7 heteroatoms. The van der Waals surface area contributed by atoms with E-state index in [0.29, 0.717) is 41.8 Å². The van der Waals surface area contributed by atoms with E-state index in [1.807, 2.05) is 42.5 Å². The number of allylic oxidation sites excluding steroid dienone is 1. The van der Waals surface area contributed by atoms with E-state index in [4.69, 9.17) is 9.47 Å². The van der Waals surface area contributed by atoms with Crippen molar-refractivity contribution < 1.29 is 14.3 Å². The molecule has 0 spiro atoms. The molecule has 0 radical (unpaired) electrons. The minimum atomic E-state index is -0.116. The molecule has 1 unspecified atom stereocenters. The molecule has 0 saturated heterocycles. The van der Waals surface area contributed by atoms with Crippen LogP contribution in [0, 0.1) is 0 Å². The van der Waals surface area contributed by atoms with Gasteiger partial charge in [-0.3, -0.25) is 9.79 Å². The zero-order valence-corrected chi connectivity index (χ0v) is 22.0. The Hall–Kier alpha value is -3.19. The minimum absolute atomic E-state index is 0.116. The Morgan fingerprint density at radius 2 is 2.00 bits per heavy atom. The molecule has 0 aromatic heterocycles. The van der Waals surface area contributed by atoms with Crippen molar-refractivity contribution in [2.75, 3.05) is 27.3 Å². The SMILES string of the molecule is C=CCC(=NCCCNC(=O)c1cccc(-c2cccc(OC)c2OC)c1)NSC(C)/C=C\CC. The Morgan fingerprint density at radius 1 is 1.20 bits per heavy atom. The summed E-state index contributed by atoms with van der Waals surface area (Å²) < 4.78 is 14.3. The number of carbonyl (C=O) groups is 1. The van der Waals surface area contributed by atoms with Crippen molar-refractivity contribution in [3.8, 4) is 22.6 Å². The van der Waals surface area contributed by atoms with Gasteiger partial charge in [-0.2, -0.15) is 0 Å². The number of ether oxygens (including phenoxy) is 2. The van der Waals surface area contributed by atoms with Crippen molar-refractivity contribution in [2.45, 2.75) is 38.4 Å². The monoisotopic (exact) mass is 495 g/mol. The van der Waals surface area contributed by atoms with Gasteiger partial charge in [0.2, 0.25) is 0 Å². The summed E-state index contributed by atoms with van der Waals surface area (Å²) in [6, 6.07) is 13.2. The third-order valence-electron chi connectivity index (χ3n) is 5.10. The van der Waals surface area contributed by atoms with Crippen molar-refractivity contribution in [2.24, 2.45) is 4.99 Å². The summed E-state index contributed by atoms with van der Waals surface area (Å²) in [5, 5.41) is 3.35. The average molecular weight is 496 g/mol. The van der Waals surface area contributed by atoms with Crippen LogP contribution >= 0.6 is 11.9 Å². The fourth-order valence-electron chi connectivity index (χ4n) is 3.34. The lowest BCUT2D eigenvalue weighted by Crippen LogP contribution is -2.25. The molecule has 188 valence electrons. The van der Waals surface area contributed by atoms with Gasteiger partial charge in [-0.05, 0) is 55.5 Å². The number of rotatable bonds is 14. The largest absolute Gasteiger partial charge is 0.493 e. The number of nitrogens with one attached hydrogen (secondary N) is 2. The summed E-state index contributed by atoms with van der Waals surface area (Å²) in [7, 11) is 3.22. The standard InChI is InChI=1S/C28H37N3O3S/c1-6-8-13-21(3)35-31-26(12-7-2)29-18-11-19-30-28(32)23-15-9-14-22(20-23)24-16-10-17-25(33-4)27(24)34-5/h7-10,13-17,20-21H,2,6,11-12,18-19H2,1,3-5H3,(H,29,31)(H,30,32)/b13-8-. The van der Waals surface area contributed by atoms with E-state index < -0.39 is 0 Å². The number of nitrogens with zero attached hydrogens (tertiary/aromatic N) is 1. The maximum absolute atomic E-state index is 12.7. The van der Waals surface area contributed by atoms with Crippen LogP contribution in [0.4, 0.5) is 0 Å². The summed E-state index contributed by atoms with van der Waals surface area (Å²) in [5.41, 5.74) is 2.35. The van der Waals surface area contributed by atoms with Crippen molar-refractivity contribution in [1.29, 1.82) is 0 Å². The van der Waals surface area contributed by atoms with Gasteiger partial charge in [0.15, 0.2) is 11.5 Å². The summed E-state index contributed by atoms with van der Waals surface area (Å²) >= 11 is 1.63. The topological polar surface area (TPSA) is 72.0 Å². The van der Waals surface area contributed by atoms with Crippen molar-refractivity contribution >= 4 is 23.7 Å². The molecule has 2 N–H and O–H groups in total. The van der Waals surface area contributed by atoms with Crippen LogP contribution in [0.2, 0.25) is 0 Å². The number of amidine groups is 1. The molecule has 2 aromatic rings. The Bertz CT molecular complexity index is 1020. The zero-order chi connectivity index (χ0) is 25.5. The first kappa shape index (κ1) is 28.1. The van der Waals surface area contributed by atoms with Gasteiger partial charge in [0.25, 0.3) is 5.91 Å². The van der Waals surface area contributed by atoms with E-state index in [1.54, 1.807) is 32.2 Å². The molecule has 2 aromatic carbocycles. The first-order valence-electron chi connectivity index (χ1n) is 11.9. The van der Waals surface area contributed by atoms with Gasteiger partial charge in [-0.1, -0.05) is 49.4 Å². The molecule has 1 atom stereocenters. The molecule has 6 nitrogen and oxygen atoms in total. The van der Waals surface area contributed by atoms with E-state index in [9.17, 15) is 4.79 Å². The van der Waals surface area contributed by atoms with E-state index in [2.05, 4.69) is 47.6 Å². The fourth-order valence-corrected chi connectivity index (χ4v) is 4.00. The molecule has 0 saturated carbocycles. The normalized spacial score (nSPS) is 12.3. The number of aliphatic imine (C=N–C) groups is 1. The lowest BCUT2D eigenvalue weighted by Gasteiger charge is -2.13. The summed E-state index contributed by atoms with van der Waals surface area (Å²) in [4.78, 5) is 17.4. The molecule has 0 fully saturated rings. The van der Waals surface area contributed by atoms with Gasteiger partial charge >= 0.3 is 0 Å².